The van der Waals surface area contributed by atoms with Gasteiger partial charge in [-0.1, -0.05) is 91.0 Å². The predicted octanol–water partition coefficient (Wildman–Crippen LogP) is 11.6. The summed E-state index contributed by atoms with van der Waals surface area (Å²) in [6, 6.07) is 59.9. The number of pyridine rings is 1. The van der Waals surface area contributed by atoms with Crippen LogP contribution in [0.4, 0.5) is 0 Å². The van der Waals surface area contributed by atoms with E-state index in [1.807, 2.05) is 59.0 Å². The van der Waals surface area contributed by atoms with Gasteiger partial charge in [-0.05, 0) is 72.8 Å². The van der Waals surface area contributed by atoms with E-state index in [2.05, 4.69) is 166 Å². The van der Waals surface area contributed by atoms with E-state index in [0.717, 1.165) is 67.3 Å². The second-order valence-electron chi connectivity index (χ2n) is 14.7. The van der Waals surface area contributed by atoms with E-state index in [1.54, 1.807) is 0 Å². The van der Waals surface area contributed by atoms with Gasteiger partial charge in [-0.2, -0.15) is 0 Å². The van der Waals surface area contributed by atoms with Crippen LogP contribution in [0.15, 0.2) is 188 Å². The number of para-hydroxylation sites is 4. The van der Waals surface area contributed by atoms with Gasteiger partial charge in [0, 0.05) is 68.3 Å². The molecule has 12 rings (SSSR count). The lowest BCUT2D eigenvalue weighted by Crippen LogP contribution is -2.27. The summed E-state index contributed by atoms with van der Waals surface area (Å²) in [6.45, 7) is 0. The van der Waals surface area contributed by atoms with Crippen LogP contribution in [-0.4, -0.2) is 23.3 Å². The predicted molar refractivity (Wildman–Crippen MR) is 233 cm³/mol. The summed E-state index contributed by atoms with van der Waals surface area (Å²) in [5.74, 6) is 2.30. The first kappa shape index (κ1) is 32.4. The molecule has 0 aliphatic carbocycles. The van der Waals surface area contributed by atoms with Crippen molar-refractivity contribution in [1.29, 1.82) is 0 Å². The first-order valence-electron chi connectivity index (χ1n) is 19.4. The van der Waals surface area contributed by atoms with Crippen molar-refractivity contribution >= 4 is 65.4 Å². The molecule has 5 heterocycles. The van der Waals surface area contributed by atoms with Gasteiger partial charge in [-0.25, -0.2) is 4.98 Å². The highest BCUT2D eigenvalue weighted by molar-refractivity contribution is 6.40. The van der Waals surface area contributed by atoms with Crippen LogP contribution >= 0.6 is 0 Å². The third-order valence-electron chi connectivity index (χ3n) is 11.3. The molecule has 7 heteroatoms. The zero-order valence-electron chi connectivity index (χ0n) is 31.5. The third-order valence-corrected chi connectivity index (χ3v) is 11.3. The Morgan fingerprint density at radius 3 is 1.79 bits per heavy atom. The molecule has 0 aliphatic rings. The first-order chi connectivity index (χ1) is 28.7. The van der Waals surface area contributed by atoms with Crippen molar-refractivity contribution in [3.8, 4) is 34.4 Å². The molecule has 12 aromatic rings. The minimum Gasteiger partial charge on any atom is -0.458 e. The zero-order valence-corrected chi connectivity index (χ0v) is 31.5. The highest BCUT2D eigenvalue weighted by Gasteiger charge is 2.29. The molecule has 7 aromatic carbocycles. The van der Waals surface area contributed by atoms with Gasteiger partial charge in [0.1, 0.15) is 17.3 Å². The maximum absolute atomic E-state index is 6.71. The zero-order chi connectivity index (χ0) is 38.3. The van der Waals surface area contributed by atoms with Crippen LogP contribution in [0.25, 0.3) is 88.3 Å². The molecule has 0 amide bonds. The lowest BCUT2D eigenvalue weighted by Gasteiger charge is -2.14. The minimum atomic E-state index is 0.731. The highest BCUT2D eigenvalue weighted by atomic mass is 16.5. The smallest absolute Gasteiger partial charge is 0.243 e. The molecule has 0 atom stereocenters. The number of fused-ring (bicyclic) bond motifs is 12. The summed E-state index contributed by atoms with van der Waals surface area (Å²) >= 11 is 0. The van der Waals surface area contributed by atoms with Crippen LogP contribution in [0, 0.1) is 6.33 Å². The summed E-state index contributed by atoms with van der Waals surface area (Å²) in [4.78, 5) is 5.04. The Bertz CT molecular complexity index is 3540. The van der Waals surface area contributed by atoms with E-state index in [4.69, 9.17) is 9.72 Å². The largest absolute Gasteiger partial charge is 0.458 e. The lowest BCUT2D eigenvalue weighted by molar-refractivity contribution is -0.599. The van der Waals surface area contributed by atoms with Gasteiger partial charge in [0.2, 0.25) is 6.33 Å². The standard InChI is InChI=1S/C51H34N6O/c1-53-29-30-54(33-53)36-19-14-20-37(31-36)58-38-26-27-41-44(32-38)57(45-25-12-13-28-52-45)50-47(41)46-39-21-8-10-23-42(39)55(34-15-4-2-5-16-34)49(46)48-40-22-9-11-24-43(40)56(51(48)50)35-17-6-3-7-18-35/h2-32H,1H3. The summed E-state index contributed by atoms with van der Waals surface area (Å²) in [7, 11) is 1.97. The molecular formula is C51H34N6O. The van der Waals surface area contributed by atoms with E-state index in [-0.39, 0.29) is 0 Å². The average Bonchev–Trinajstić information content (AvgIpc) is 4.04. The Balaban J connectivity index is 1.28. The maximum atomic E-state index is 6.71. The summed E-state index contributed by atoms with van der Waals surface area (Å²) in [5, 5.41) is 7.05. The van der Waals surface area contributed by atoms with Gasteiger partial charge >= 0.3 is 0 Å². The van der Waals surface area contributed by atoms with Crippen molar-refractivity contribution in [2.75, 3.05) is 0 Å². The molecule has 0 unspecified atom stereocenters. The normalized spacial score (nSPS) is 11.9. The Morgan fingerprint density at radius 1 is 0.500 bits per heavy atom. The summed E-state index contributed by atoms with van der Waals surface area (Å²) in [5.41, 5.74) is 9.84. The van der Waals surface area contributed by atoms with Crippen LogP contribution < -0.4 is 9.30 Å². The van der Waals surface area contributed by atoms with Crippen molar-refractivity contribution in [1.82, 2.24) is 23.3 Å². The molecule has 0 saturated carbocycles. The van der Waals surface area contributed by atoms with E-state index in [0.29, 0.717) is 0 Å². The molecule has 0 radical (unpaired) electrons. The van der Waals surface area contributed by atoms with Crippen LogP contribution in [0.5, 0.6) is 11.5 Å². The third kappa shape index (κ3) is 4.74. The second kappa shape index (κ2) is 12.6. The van der Waals surface area contributed by atoms with Gasteiger partial charge in [0.25, 0.3) is 0 Å². The molecule has 7 nitrogen and oxygen atoms in total. The number of aryl methyl sites for hydroxylation is 1. The van der Waals surface area contributed by atoms with E-state index in [9.17, 15) is 0 Å². The number of aromatic nitrogens is 6. The number of rotatable bonds is 6. The molecule has 0 N–H and O–H groups in total. The lowest BCUT2D eigenvalue weighted by atomic mass is 10.0. The number of imidazole rings is 1. The number of hydrogen-bond acceptors (Lipinski definition) is 2. The summed E-state index contributed by atoms with van der Waals surface area (Å²) in [6.07, 6.45) is 9.13. The van der Waals surface area contributed by atoms with Crippen molar-refractivity contribution in [3.05, 3.63) is 195 Å². The molecule has 5 aromatic heterocycles. The maximum Gasteiger partial charge on any atom is 0.243 e. The molecule has 0 saturated heterocycles. The average molecular weight is 747 g/mol. The van der Waals surface area contributed by atoms with E-state index < -0.39 is 0 Å². The van der Waals surface area contributed by atoms with Gasteiger partial charge in [0.15, 0.2) is 0 Å². The van der Waals surface area contributed by atoms with Gasteiger partial charge in [-0.3, -0.25) is 4.57 Å². The van der Waals surface area contributed by atoms with Crippen LogP contribution in [-0.2, 0) is 7.05 Å². The van der Waals surface area contributed by atoms with Crippen LogP contribution in [0.1, 0.15) is 0 Å². The molecule has 0 fully saturated rings. The molecule has 274 valence electrons. The molecule has 0 spiro atoms. The topological polar surface area (TPSA) is 45.7 Å². The second-order valence-corrected chi connectivity index (χ2v) is 14.7. The molecule has 58 heavy (non-hydrogen) atoms. The van der Waals surface area contributed by atoms with Crippen LogP contribution in [0.3, 0.4) is 0 Å². The van der Waals surface area contributed by atoms with Crippen LogP contribution in [0.2, 0.25) is 0 Å². The Hall–Kier alpha value is -7.90. The fourth-order valence-electron chi connectivity index (χ4n) is 9.04. The number of hydrogen-bond donors (Lipinski definition) is 0. The first-order valence-corrected chi connectivity index (χ1v) is 19.4. The molecule has 0 bridgehead atoms. The van der Waals surface area contributed by atoms with Gasteiger partial charge in [-0.15, -0.1) is 0 Å². The minimum absolute atomic E-state index is 0.731. The van der Waals surface area contributed by atoms with Gasteiger partial charge in [0.05, 0.1) is 45.8 Å². The monoisotopic (exact) mass is 746 g/mol. The van der Waals surface area contributed by atoms with Crippen molar-refractivity contribution < 1.29 is 9.30 Å². The molecule has 0 aliphatic heterocycles. The number of ether oxygens (including phenoxy) is 1. The highest BCUT2D eigenvalue weighted by Crippen LogP contribution is 2.50. The SMILES string of the molecule is Cn1[c-][n+](-c2cccc(Oc3ccc4c5c6c7ccccc7n(-c7ccccc7)c6c6c7ccccc7n(-c7ccccc7)c6c5n(-c5ccccn5)c4c3)c2)cc1. The number of nitrogens with zero attached hydrogens (tertiary/aromatic N) is 6. The van der Waals surface area contributed by atoms with Crippen molar-refractivity contribution in [2.45, 2.75) is 0 Å². The van der Waals surface area contributed by atoms with Crippen molar-refractivity contribution in [2.24, 2.45) is 7.05 Å². The van der Waals surface area contributed by atoms with E-state index in [1.165, 1.54) is 32.4 Å². The van der Waals surface area contributed by atoms with Crippen molar-refractivity contribution in [3.63, 3.8) is 0 Å². The fourth-order valence-corrected chi connectivity index (χ4v) is 9.04. The fraction of sp³-hybridized carbons (Fsp3) is 0.0196. The Kier molecular flexibility index (Phi) is 7.01. The quantitative estimate of drug-likeness (QED) is 0.126. The molecular weight excluding hydrogens is 713 g/mol. The summed E-state index contributed by atoms with van der Waals surface area (Å²) < 4.78 is 17.8. The Labute approximate surface area is 333 Å². The van der Waals surface area contributed by atoms with E-state index >= 15 is 0 Å². The number of benzene rings is 7. The Morgan fingerprint density at radius 2 is 1.10 bits per heavy atom. The van der Waals surface area contributed by atoms with Gasteiger partial charge < -0.3 is 23.0 Å².